The maximum Gasteiger partial charge on any atom is 0.303 e. The molecule has 19 heavy (non-hydrogen) atoms. The standard InChI is InChI=1S/C13H18O6/c1-4-7-16-13-6-5-11(18-10(3)15)12(19-13)8-17-9(2)14/h4-6,11-13H,1,7-8H2,2-3H3/t11-,12?,13-/m0/s1. The van der Waals surface area contributed by atoms with Crippen molar-refractivity contribution in [2.24, 2.45) is 0 Å². The van der Waals surface area contributed by atoms with Crippen LogP contribution in [0.5, 0.6) is 0 Å². The average molecular weight is 270 g/mol. The molecule has 0 bridgehead atoms. The molecule has 6 heteroatoms. The van der Waals surface area contributed by atoms with Gasteiger partial charge in [-0.15, -0.1) is 6.58 Å². The maximum absolute atomic E-state index is 11.0. The molecule has 1 aliphatic rings. The van der Waals surface area contributed by atoms with Crippen LogP contribution in [0.25, 0.3) is 0 Å². The van der Waals surface area contributed by atoms with Gasteiger partial charge in [0.05, 0.1) is 6.61 Å². The van der Waals surface area contributed by atoms with Crippen molar-refractivity contribution >= 4 is 11.9 Å². The summed E-state index contributed by atoms with van der Waals surface area (Å²) in [4.78, 5) is 21.8. The van der Waals surface area contributed by atoms with E-state index < -0.39 is 30.4 Å². The molecule has 0 aromatic rings. The van der Waals surface area contributed by atoms with Crippen LogP contribution < -0.4 is 0 Å². The minimum absolute atomic E-state index is 0.00836. The van der Waals surface area contributed by atoms with Crippen LogP contribution in [0.1, 0.15) is 13.8 Å². The SMILES string of the molecule is C=CCO[C@@H]1C=C[C@H](OC(C)=O)C(COC(C)=O)O1. The van der Waals surface area contributed by atoms with E-state index in [2.05, 4.69) is 6.58 Å². The maximum atomic E-state index is 11.0. The van der Waals surface area contributed by atoms with E-state index in [1.165, 1.54) is 13.8 Å². The number of carbonyl (C=O) groups is 2. The van der Waals surface area contributed by atoms with Crippen LogP contribution in [0.4, 0.5) is 0 Å². The van der Waals surface area contributed by atoms with Crippen LogP contribution in [-0.4, -0.2) is 43.7 Å². The predicted octanol–water partition coefficient (Wildman–Crippen LogP) is 0.965. The molecule has 1 heterocycles. The molecule has 0 spiro atoms. The van der Waals surface area contributed by atoms with E-state index in [9.17, 15) is 9.59 Å². The van der Waals surface area contributed by atoms with Crippen molar-refractivity contribution in [1.82, 2.24) is 0 Å². The number of carbonyl (C=O) groups excluding carboxylic acids is 2. The predicted molar refractivity (Wildman–Crippen MR) is 66.1 cm³/mol. The van der Waals surface area contributed by atoms with Crippen LogP contribution in [0, 0.1) is 0 Å². The van der Waals surface area contributed by atoms with E-state index in [1.807, 2.05) is 0 Å². The summed E-state index contributed by atoms with van der Waals surface area (Å²) in [6.45, 7) is 6.45. The Hall–Kier alpha value is -1.66. The molecule has 106 valence electrons. The van der Waals surface area contributed by atoms with Gasteiger partial charge in [-0.2, -0.15) is 0 Å². The van der Waals surface area contributed by atoms with Crippen LogP contribution >= 0.6 is 0 Å². The van der Waals surface area contributed by atoms with Crippen molar-refractivity contribution in [3.8, 4) is 0 Å². The summed E-state index contributed by atoms with van der Waals surface area (Å²) in [6, 6.07) is 0. The van der Waals surface area contributed by atoms with E-state index in [4.69, 9.17) is 18.9 Å². The Labute approximate surface area is 112 Å². The molecular weight excluding hydrogens is 252 g/mol. The second-order valence-electron chi connectivity index (χ2n) is 3.93. The summed E-state index contributed by atoms with van der Waals surface area (Å²) in [5.41, 5.74) is 0. The van der Waals surface area contributed by atoms with Crippen LogP contribution in [0.2, 0.25) is 0 Å². The molecule has 0 saturated heterocycles. The first-order chi connectivity index (χ1) is 9.02. The Morgan fingerprint density at radius 1 is 1.32 bits per heavy atom. The second-order valence-corrected chi connectivity index (χ2v) is 3.93. The lowest BCUT2D eigenvalue weighted by Crippen LogP contribution is -2.42. The van der Waals surface area contributed by atoms with Crippen LogP contribution in [-0.2, 0) is 28.5 Å². The van der Waals surface area contributed by atoms with Crippen molar-refractivity contribution in [3.63, 3.8) is 0 Å². The fraction of sp³-hybridized carbons (Fsp3) is 0.538. The van der Waals surface area contributed by atoms with Crippen molar-refractivity contribution in [2.75, 3.05) is 13.2 Å². The van der Waals surface area contributed by atoms with Crippen molar-refractivity contribution in [3.05, 3.63) is 24.8 Å². The first kappa shape index (κ1) is 15.4. The minimum Gasteiger partial charge on any atom is -0.463 e. The normalized spacial score (nSPS) is 25.7. The van der Waals surface area contributed by atoms with Gasteiger partial charge in [0.2, 0.25) is 0 Å². The van der Waals surface area contributed by atoms with Crippen LogP contribution in [0.3, 0.4) is 0 Å². The summed E-state index contributed by atoms with van der Waals surface area (Å²) in [6.07, 6.45) is 3.13. The zero-order valence-corrected chi connectivity index (χ0v) is 11.0. The fourth-order valence-corrected chi connectivity index (χ4v) is 1.52. The summed E-state index contributed by atoms with van der Waals surface area (Å²) in [5, 5.41) is 0. The average Bonchev–Trinajstić information content (AvgIpc) is 2.35. The van der Waals surface area contributed by atoms with Gasteiger partial charge in [-0.1, -0.05) is 6.08 Å². The minimum atomic E-state index is -0.597. The van der Waals surface area contributed by atoms with E-state index in [0.717, 1.165) is 0 Å². The molecule has 0 aliphatic carbocycles. The topological polar surface area (TPSA) is 71.1 Å². The van der Waals surface area contributed by atoms with Gasteiger partial charge in [-0.05, 0) is 12.2 Å². The highest BCUT2D eigenvalue weighted by atomic mass is 16.7. The van der Waals surface area contributed by atoms with Gasteiger partial charge >= 0.3 is 11.9 Å². The van der Waals surface area contributed by atoms with E-state index in [1.54, 1.807) is 18.2 Å². The highest BCUT2D eigenvalue weighted by molar-refractivity contribution is 5.66. The molecular formula is C13H18O6. The molecule has 6 nitrogen and oxygen atoms in total. The Kier molecular flexibility index (Phi) is 6.24. The zero-order chi connectivity index (χ0) is 14.3. The monoisotopic (exact) mass is 270 g/mol. The van der Waals surface area contributed by atoms with Gasteiger partial charge in [-0.25, -0.2) is 0 Å². The summed E-state index contributed by atoms with van der Waals surface area (Å²) < 4.78 is 20.8. The lowest BCUT2D eigenvalue weighted by molar-refractivity contribution is -0.194. The number of hydrogen-bond acceptors (Lipinski definition) is 6. The molecule has 0 aromatic carbocycles. The molecule has 0 amide bonds. The molecule has 1 aliphatic heterocycles. The molecule has 1 unspecified atom stereocenters. The lowest BCUT2D eigenvalue weighted by atomic mass is 10.1. The quantitative estimate of drug-likeness (QED) is 0.529. The van der Waals surface area contributed by atoms with Gasteiger partial charge in [0, 0.05) is 13.8 Å². The van der Waals surface area contributed by atoms with E-state index in [0.29, 0.717) is 6.61 Å². The number of hydrogen-bond donors (Lipinski definition) is 0. The zero-order valence-electron chi connectivity index (χ0n) is 11.0. The Bertz CT molecular complexity index is 362. The molecule has 1 rings (SSSR count). The highest BCUT2D eigenvalue weighted by Gasteiger charge is 2.30. The molecule has 3 atom stereocenters. The molecule has 0 fully saturated rings. The van der Waals surface area contributed by atoms with Gasteiger partial charge in [-0.3, -0.25) is 9.59 Å². The van der Waals surface area contributed by atoms with Crippen molar-refractivity contribution in [2.45, 2.75) is 32.3 Å². The van der Waals surface area contributed by atoms with Gasteiger partial charge in [0.15, 0.2) is 6.29 Å². The second kappa shape index (κ2) is 7.70. The Morgan fingerprint density at radius 3 is 2.63 bits per heavy atom. The third-order valence-corrected chi connectivity index (χ3v) is 2.26. The van der Waals surface area contributed by atoms with Gasteiger partial charge in [0.25, 0.3) is 0 Å². The third-order valence-electron chi connectivity index (χ3n) is 2.26. The van der Waals surface area contributed by atoms with E-state index in [-0.39, 0.29) is 6.61 Å². The first-order valence-electron chi connectivity index (χ1n) is 5.89. The highest BCUT2D eigenvalue weighted by Crippen LogP contribution is 2.17. The summed E-state index contributed by atoms with van der Waals surface area (Å²) in [7, 11) is 0. The number of ether oxygens (including phenoxy) is 4. The fourth-order valence-electron chi connectivity index (χ4n) is 1.52. The smallest absolute Gasteiger partial charge is 0.303 e. The number of rotatable bonds is 6. The van der Waals surface area contributed by atoms with Crippen molar-refractivity contribution < 1.29 is 28.5 Å². The van der Waals surface area contributed by atoms with Gasteiger partial charge < -0.3 is 18.9 Å². The number of esters is 2. The third kappa shape index (κ3) is 5.67. The summed E-state index contributed by atoms with van der Waals surface area (Å²) in [5.74, 6) is -0.861. The molecule has 0 aromatic heterocycles. The van der Waals surface area contributed by atoms with Crippen molar-refractivity contribution in [1.29, 1.82) is 0 Å². The molecule has 0 radical (unpaired) electrons. The Balaban J connectivity index is 2.62. The van der Waals surface area contributed by atoms with Crippen LogP contribution in [0.15, 0.2) is 24.8 Å². The largest absolute Gasteiger partial charge is 0.463 e. The summed E-state index contributed by atoms with van der Waals surface area (Å²) >= 11 is 0. The molecule has 0 saturated carbocycles. The molecule has 0 N–H and O–H groups in total. The van der Waals surface area contributed by atoms with Gasteiger partial charge in [0.1, 0.15) is 18.8 Å². The Morgan fingerprint density at radius 2 is 2.05 bits per heavy atom. The van der Waals surface area contributed by atoms with E-state index >= 15 is 0 Å². The first-order valence-corrected chi connectivity index (χ1v) is 5.89. The lowest BCUT2D eigenvalue weighted by Gasteiger charge is -2.31.